The van der Waals surface area contributed by atoms with E-state index in [1.165, 1.54) is 0 Å². The van der Waals surface area contributed by atoms with Crippen molar-refractivity contribution in [2.75, 3.05) is 6.54 Å². The van der Waals surface area contributed by atoms with Crippen molar-refractivity contribution in [3.05, 3.63) is 60.5 Å². The summed E-state index contributed by atoms with van der Waals surface area (Å²) in [5.41, 5.74) is -0.707. The summed E-state index contributed by atoms with van der Waals surface area (Å²) in [6, 6.07) is 7.19. The van der Waals surface area contributed by atoms with Crippen LogP contribution in [0.4, 0.5) is 0 Å². The zero-order valence-corrected chi connectivity index (χ0v) is 14.0. The molecule has 1 N–H and O–H groups in total. The molecule has 3 aliphatic rings. The Hall–Kier alpha value is -2.80. The third-order valence-corrected chi connectivity index (χ3v) is 5.43. The van der Waals surface area contributed by atoms with Crippen LogP contribution in [0.3, 0.4) is 0 Å². The van der Waals surface area contributed by atoms with Crippen molar-refractivity contribution < 1.29 is 23.2 Å². The molecule has 2 saturated heterocycles. The van der Waals surface area contributed by atoms with Gasteiger partial charge in [0, 0.05) is 0 Å². The number of furan rings is 2. The third-order valence-electron chi connectivity index (χ3n) is 5.43. The van der Waals surface area contributed by atoms with E-state index in [-0.39, 0.29) is 17.9 Å². The molecule has 4 atom stereocenters. The fourth-order valence-corrected chi connectivity index (χ4v) is 4.31. The van der Waals surface area contributed by atoms with Crippen LogP contribution in [0.25, 0.3) is 0 Å². The number of amides is 2. The van der Waals surface area contributed by atoms with Crippen molar-refractivity contribution in [3.63, 3.8) is 0 Å². The lowest BCUT2D eigenvalue weighted by Gasteiger charge is -2.23. The van der Waals surface area contributed by atoms with E-state index in [9.17, 15) is 9.59 Å². The van der Waals surface area contributed by atoms with Gasteiger partial charge in [0.25, 0.3) is 0 Å². The Bertz CT molecular complexity index is 857. The van der Waals surface area contributed by atoms with Gasteiger partial charge in [-0.15, -0.1) is 0 Å². The highest BCUT2D eigenvalue weighted by molar-refractivity contribution is 5.92. The van der Waals surface area contributed by atoms with Crippen molar-refractivity contribution in [3.8, 4) is 0 Å². The molecule has 3 aliphatic heterocycles. The van der Waals surface area contributed by atoms with E-state index in [0.717, 1.165) is 0 Å². The monoisotopic (exact) mass is 354 g/mol. The molecule has 2 aromatic rings. The zero-order chi connectivity index (χ0) is 17.7. The first-order valence-corrected chi connectivity index (χ1v) is 8.65. The lowest BCUT2D eigenvalue weighted by Crippen LogP contribution is -2.43. The molecule has 2 fully saturated rings. The van der Waals surface area contributed by atoms with E-state index in [1.807, 2.05) is 18.2 Å². The molecule has 134 valence electrons. The molecule has 0 unspecified atom stereocenters. The second-order valence-corrected chi connectivity index (χ2v) is 6.97. The van der Waals surface area contributed by atoms with Crippen LogP contribution in [0.1, 0.15) is 11.5 Å². The van der Waals surface area contributed by atoms with Gasteiger partial charge in [-0.25, -0.2) is 0 Å². The summed E-state index contributed by atoms with van der Waals surface area (Å²) in [6.45, 7) is 1.11. The van der Waals surface area contributed by atoms with Crippen LogP contribution in [0.2, 0.25) is 0 Å². The van der Waals surface area contributed by atoms with Gasteiger partial charge in [0.05, 0.1) is 50.1 Å². The molecule has 5 heterocycles. The Morgan fingerprint density at radius 2 is 2.00 bits per heavy atom. The SMILES string of the molecule is O=C(NCc1ccco1)[C@H]1[C@H]2C(=O)N(Cc3ccco3)C[C@]23C=C[C@H]1O3. The normalized spacial score (nSPS) is 31.6. The van der Waals surface area contributed by atoms with Crippen molar-refractivity contribution in [2.24, 2.45) is 11.8 Å². The first kappa shape index (κ1) is 15.5. The number of ether oxygens (including phenoxy) is 1. The Morgan fingerprint density at radius 1 is 1.23 bits per heavy atom. The molecule has 2 amide bonds. The standard InChI is InChI=1S/C19H18N2O5/c22-17(20-9-12-3-1-7-24-12)15-14-5-6-19(26-14)11-21(18(23)16(15)19)10-13-4-2-8-25-13/h1-8,14-16H,9-11H2,(H,20,22)/t14-,15-,16+,19-/m1/s1. The molecular formula is C19H18N2O5. The summed E-state index contributed by atoms with van der Waals surface area (Å²) in [6.07, 6.45) is 6.64. The molecule has 0 aliphatic carbocycles. The van der Waals surface area contributed by atoms with Crippen LogP contribution in [0.5, 0.6) is 0 Å². The first-order chi connectivity index (χ1) is 12.7. The second-order valence-electron chi connectivity index (χ2n) is 6.97. The molecule has 5 rings (SSSR count). The minimum absolute atomic E-state index is 0.0635. The van der Waals surface area contributed by atoms with E-state index < -0.39 is 17.4 Å². The topological polar surface area (TPSA) is 84.9 Å². The number of hydrogen-bond donors (Lipinski definition) is 1. The van der Waals surface area contributed by atoms with Crippen molar-refractivity contribution >= 4 is 11.8 Å². The van der Waals surface area contributed by atoms with Crippen LogP contribution in [-0.4, -0.2) is 35.0 Å². The summed E-state index contributed by atoms with van der Waals surface area (Å²) < 4.78 is 16.7. The highest BCUT2D eigenvalue weighted by Gasteiger charge is 2.66. The maximum Gasteiger partial charge on any atom is 0.230 e. The predicted octanol–water partition coefficient (Wildman–Crippen LogP) is 1.47. The lowest BCUT2D eigenvalue weighted by molar-refractivity contribution is -0.138. The van der Waals surface area contributed by atoms with Crippen LogP contribution in [-0.2, 0) is 27.4 Å². The number of carbonyl (C=O) groups is 2. The molecule has 1 spiro atoms. The Balaban J connectivity index is 1.35. The maximum absolute atomic E-state index is 13.0. The highest BCUT2D eigenvalue weighted by atomic mass is 16.5. The largest absolute Gasteiger partial charge is 0.467 e. The van der Waals surface area contributed by atoms with Crippen molar-refractivity contribution in [1.29, 1.82) is 0 Å². The number of nitrogens with zero attached hydrogens (tertiary/aromatic N) is 1. The van der Waals surface area contributed by atoms with Gasteiger partial charge in [-0.2, -0.15) is 0 Å². The van der Waals surface area contributed by atoms with Gasteiger partial charge < -0.3 is 23.8 Å². The smallest absolute Gasteiger partial charge is 0.230 e. The van der Waals surface area contributed by atoms with Crippen LogP contribution in [0, 0.1) is 11.8 Å². The average Bonchev–Trinajstić information content (AvgIpc) is 3.43. The lowest BCUT2D eigenvalue weighted by atomic mass is 9.77. The number of fused-ring (bicyclic) bond motifs is 1. The summed E-state index contributed by atoms with van der Waals surface area (Å²) >= 11 is 0. The van der Waals surface area contributed by atoms with Gasteiger partial charge in [0.2, 0.25) is 11.8 Å². The van der Waals surface area contributed by atoms with E-state index in [4.69, 9.17) is 13.6 Å². The van der Waals surface area contributed by atoms with E-state index >= 15 is 0 Å². The summed E-state index contributed by atoms with van der Waals surface area (Å²) in [4.78, 5) is 27.5. The summed E-state index contributed by atoms with van der Waals surface area (Å²) in [5.74, 6) is 0.118. The molecule has 0 saturated carbocycles. The number of likely N-dealkylation sites (tertiary alicyclic amines) is 1. The number of hydrogen-bond acceptors (Lipinski definition) is 5. The fraction of sp³-hybridized carbons (Fsp3) is 0.368. The van der Waals surface area contributed by atoms with Gasteiger partial charge in [0.15, 0.2) is 0 Å². The van der Waals surface area contributed by atoms with Crippen LogP contribution in [0.15, 0.2) is 57.8 Å². The predicted molar refractivity (Wildman–Crippen MR) is 88.4 cm³/mol. The van der Waals surface area contributed by atoms with Crippen LogP contribution >= 0.6 is 0 Å². The first-order valence-electron chi connectivity index (χ1n) is 8.65. The third kappa shape index (κ3) is 2.24. The van der Waals surface area contributed by atoms with Gasteiger partial charge >= 0.3 is 0 Å². The van der Waals surface area contributed by atoms with E-state index in [2.05, 4.69) is 5.32 Å². The Kier molecular flexibility index (Phi) is 3.33. The number of rotatable bonds is 5. The van der Waals surface area contributed by atoms with E-state index in [1.54, 1.807) is 35.6 Å². The van der Waals surface area contributed by atoms with Crippen LogP contribution < -0.4 is 5.32 Å². The molecule has 2 aromatic heterocycles. The molecule has 26 heavy (non-hydrogen) atoms. The van der Waals surface area contributed by atoms with Gasteiger partial charge in [-0.05, 0) is 24.3 Å². The molecular weight excluding hydrogens is 336 g/mol. The molecule has 0 aromatic carbocycles. The van der Waals surface area contributed by atoms with Gasteiger partial charge in [0.1, 0.15) is 17.1 Å². The van der Waals surface area contributed by atoms with Crippen molar-refractivity contribution in [1.82, 2.24) is 10.2 Å². The maximum atomic E-state index is 13.0. The fourth-order valence-electron chi connectivity index (χ4n) is 4.31. The Morgan fingerprint density at radius 3 is 2.73 bits per heavy atom. The summed E-state index contributed by atoms with van der Waals surface area (Å²) in [7, 11) is 0. The second kappa shape index (κ2) is 5.60. The molecule has 7 heteroatoms. The van der Waals surface area contributed by atoms with Crippen molar-refractivity contribution in [2.45, 2.75) is 24.8 Å². The van der Waals surface area contributed by atoms with Gasteiger partial charge in [-0.1, -0.05) is 12.2 Å². The minimum atomic E-state index is -0.707. The molecule has 2 bridgehead atoms. The quantitative estimate of drug-likeness (QED) is 0.822. The van der Waals surface area contributed by atoms with E-state index in [0.29, 0.717) is 31.2 Å². The van der Waals surface area contributed by atoms with Gasteiger partial charge in [-0.3, -0.25) is 9.59 Å². The highest BCUT2D eigenvalue weighted by Crippen LogP contribution is 2.52. The summed E-state index contributed by atoms with van der Waals surface area (Å²) in [5, 5.41) is 2.87. The molecule has 0 radical (unpaired) electrons. The number of nitrogens with one attached hydrogen (secondary N) is 1. The average molecular weight is 354 g/mol. The minimum Gasteiger partial charge on any atom is -0.467 e. The zero-order valence-electron chi connectivity index (χ0n) is 14.0. The number of carbonyl (C=O) groups excluding carboxylic acids is 2. The Labute approximate surface area is 149 Å². The molecule has 7 nitrogen and oxygen atoms in total.